The molecule has 0 bridgehead atoms. The molecule has 6 rings (SSSR count). The number of aromatic nitrogens is 2. The van der Waals surface area contributed by atoms with Gasteiger partial charge in [-0.15, -0.1) is 0 Å². The van der Waals surface area contributed by atoms with Crippen LogP contribution in [-0.2, 0) is 16.1 Å². The maximum Gasteiger partial charge on any atom is 0.259 e. The highest BCUT2D eigenvalue weighted by atomic mass is 16.5. The van der Waals surface area contributed by atoms with Gasteiger partial charge in [-0.3, -0.25) is 14.9 Å². The molecule has 0 unspecified atom stereocenters. The monoisotopic (exact) mass is 482 g/mol. The van der Waals surface area contributed by atoms with Gasteiger partial charge in [-0.05, 0) is 51.0 Å². The van der Waals surface area contributed by atoms with Gasteiger partial charge in [0.15, 0.2) is 0 Å². The zero-order chi connectivity index (χ0) is 24.6. The molecule has 0 radical (unpaired) electrons. The van der Waals surface area contributed by atoms with E-state index in [9.17, 15) is 9.59 Å². The van der Waals surface area contributed by atoms with Crippen LogP contribution in [0.5, 0.6) is 5.75 Å². The van der Waals surface area contributed by atoms with Gasteiger partial charge in [-0.1, -0.05) is 36.8 Å². The molecule has 2 aliphatic rings. The normalized spacial score (nSPS) is 16.9. The van der Waals surface area contributed by atoms with Gasteiger partial charge in [-0.25, -0.2) is 0 Å². The third-order valence-electron chi connectivity index (χ3n) is 7.46. The highest BCUT2D eigenvalue weighted by molar-refractivity contribution is 6.50. The molecule has 36 heavy (non-hydrogen) atoms. The molecule has 0 spiro atoms. The van der Waals surface area contributed by atoms with Crippen LogP contribution in [0.25, 0.3) is 33.0 Å². The number of carbonyl (C=O) groups excluding carboxylic acids is 2. The van der Waals surface area contributed by atoms with Gasteiger partial charge in [0, 0.05) is 46.4 Å². The molecule has 2 aromatic carbocycles. The summed E-state index contributed by atoms with van der Waals surface area (Å²) in [4.78, 5) is 32.1. The summed E-state index contributed by atoms with van der Waals surface area (Å²) in [5.41, 5.74) is 4.19. The van der Waals surface area contributed by atoms with Crippen molar-refractivity contribution in [1.82, 2.24) is 19.8 Å². The second-order valence-corrected chi connectivity index (χ2v) is 9.63. The van der Waals surface area contributed by atoms with Crippen LogP contribution in [-0.4, -0.2) is 53.0 Å². The maximum absolute atomic E-state index is 13.2. The van der Waals surface area contributed by atoms with Crippen molar-refractivity contribution < 1.29 is 14.3 Å². The number of para-hydroxylation sites is 2. The van der Waals surface area contributed by atoms with Crippen molar-refractivity contribution >= 4 is 44.8 Å². The first-order valence-electron chi connectivity index (χ1n) is 12.7. The van der Waals surface area contributed by atoms with Crippen LogP contribution in [0, 0.1) is 0 Å². The lowest BCUT2D eigenvalue weighted by Crippen LogP contribution is -2.31. The fraction of sp³-hybridized carbons (Fsp3) is 0.310. The van der Waals surface area contributed by atoms with Gasteiger partial charge >= 0.3 is 0 Å². The number of piperidine rings is 1. The number of rotatable bonds is 7. The Balaban J connectivity index is 1.46. The number of aromatic amines is 1. The first-order chi connectivity index (χ1) is 17.7. The van der Waals surface area contributed by atoms with Crippen LogP contribution in [0.15, 0.2) is 54.9 Å². The molecular formula is C29H30N4O3. The maximum atomic E-state index is 13.2. The number of likely N-dealkylation sites (tertiary alicyclic amines) is 1. The van der Waals surface area contributed by atoms with Crippen LogP contribution >= 0.6 is 0 Å². The minimum atomic E-state index is -0.367. The van der Waals surface area contributed by atoms with Crippen molar-refractivity contribution in [3.8, 4) is 5.75 Å². The Labute approximate surface area is 209 Å². The minimum Gasteiger partial charge on any atom is -0.495 e. The number of carbonyl (C=O) groups is 2. The van der Waals surface area contributed by atoms with E-state index in [1.165, 1.54) is 32.4 Å². The van der Waals surface area contributed by atoms with Crippen LogP contribution in [0.1, 0.15) is 36.8 Å². The summed E-state index contributed by atoms with van der Waals surface area (Å²) in [6.07, 6.45) is 8.72. The van der Waals surface area contributed by atoms with E-state index in [4.69, 9.17) is 4.74 Å². The highest BCUT2D eigenvalue weighted by Crippen LogP contribution is 2.40. The molecule has 0 aliphatic carbocycles. The minimum absolute atomic E-state index is 0.365. The van der Waals surface area contributed by atoms with Crippen LogP contribution < -0.4 is 10.1 Å². The van der Waals surface area contributed by atoms with Crippen LogP contribution in [0.2, 0.25) is 0 Å². The van der Waals surface area contributed by atoms with Crippen molar-refractivity contribution in [2.45, 2.75) is 32.2 Å². The Hall–Kier alpha value is -3.84. The van der Waals surface area contributed by atoms with Gasteiger partial charge in [0.05, 0.1) is 23.8 Å². The fourth-order valence-corrected chi connectivity index (χ4v) is 5.76. The van der Waals surface area contributed by atoms with Crippen molar-refractivity contribution in [1.29, 1.82) is 0 Å². The van der Waals surface area contributed by atoms with E-state index in [1.807, 2.05) is 54.9 Å². The first kappa shape index (κ1) is 22.6. The summed E-state index contributed by atoms with van der Waals surface area (Å²) in [5.74, 6) is 0.0276. The summed E-state index contributed by atoms with van der Waals surface area (Å²) in [6, 6.07) is 13.7. The molecular weight excluding hydrogens is 452 g/mol. The predicted molar refractivity (Wildman–Crippen MR) is 142 cm³/mol. The van der Waals surface area contributed by atoms with E-state index in [0.717, 1.165) is 58.2 Å². The summed E-state index contributed by atoms with van der Waals surface area (Å²) in [6.45, 7) is 4.19. The Kier molecular flexibility index (Phi) is 5.85. The van der Waals surface area contributed by atoms with Crippen molar-refractivity contribution in [3.05, 3.63) is 66.0 Å². The quantitative estimate of drug-likeness (QED) is 0.378. The van der Waals surface area contributed by atoms with Gasteiger partial charge < -0.3 is 19.2 Å². The number of H-pyrrole nitrogens is 1. The molecule has 2 aromatic heterocycles. The van der Waals surface area contributed by atoms with Crippen molar-refractivity contribution in [2.75, 3.05) is 26.7 Å². The number of amides is 2. The first-order valence-corrected chi connectivity index (χ1v) is 12.7. The number of ether oxygens (including phenoxy) is 1. The average Bonchev–Trinajstić information content (AvgIpc) is 3.57. The summed E-state index contributed by atoms with van der Waals surface area (Å²) >= 11 is 0. The molecule has 4 aromatic rings. The van der Waals surface area contributed by atoms with Crippen LogP contribution in [0.4, 0.5) is 0 Å². The number of benzene rings is 2. The zero-order valence-electron chi connectivity index (χ0n) is 20.5. The van der Waals surface area contributed by atoms with Crippen molar-refractivity contribution in [3.63, 3.8) is 0 Å². The molecule has 1 saturated heterocycles. The molecule has 7 nitrogen and oxygen atoms in total. The summed E-state index contributed by atoms with van der Waals surface area (Å²) < 4.78 is 7.91. The van der Waals surface area contributed by atoms with Gasteiger partial charge in [0.2, 0.25) is 0 Å². The Morgan fingerprint density at radius 1 is 0.861 bits per heavy atom. The Morgan fingerprint density at radius 2 is 1.61 bits per heavy atom. The molecule has 7 heteroatoms. The van der Waals surface area contributed by atoms with Crippen molar-refractivity contribution in [2.24, 2.45) is 0 Å². The molecule has 0 atom stereocenters. The Bertz CT molecular complexity index is 1500. The third kappa shape index (κ3) is 3.80. The largest absolute Gasteiger partial charge is 0.495 e. The SMILES string of the molecule is COc1cccc2c(C3=C(c4c[nH]c5ccccc45)C(=O)NC3=O)cn(CCCN3CCCCC3)c12. The number of nitrogens with zero attached hydrogens (tertiary/aromatic N) is 2. The van der Waals surface area contributed by atoms with Gasteiger partial charge in [-0.2, -0.15) is 0 Å². The molecule has 0 saturated carbocycles. The van der Waals surface area contributed by atoms with E-state index in [0.29, 0.717) is 11.1 Å². The lowest BCUT2D eigenvalue weighted by molar-refractivity contribution is -0.122. The standard InChI is InChI=1S/C29H30N4O3/c1-36-24-12-7-10-20-22(18-33(27(20)24)16-8-15-32-13-5-2-6-14-32)26-25(28(34)31-29(26)35)21-17-30-23-11-4-3-9-19(21)23/h3-4,7,9-12,17-18,30H,2,5-6,8,13-16H2,1H3,(H,31,34,35). The second-order valence-electron chi connectivity index (χ2n) is 9.63. The summed E-state index contributed by atoms with van der Waals surface area (Å²) in [5, 5.41) is 4.37. The molecule has 4 heterocycles. The highest BCUT2D eigenvalue weighted by Gasteiger charge is 2.35. The zero-order valence-corrected chi connectivity index (χ0v) is 20.5. The molecule has 184 valence electrons. The number of hydrogen-bond donors (Lipinski definition) is 2. The van der Waals surface area contributed by atoms with E-state index in [-0.39, 0.29) is 11.8 Å². The lowest BCUT2D eigenvalue weighted by Gasteiger charge is -2.26. The van der Waals surface area contributed by atoms with Crippen LogP contribution in [0.3, 0.4) is 0 Å². The molecule has 2 amide bonds. The molecule has 1 fully saturated rings. The number of imide groups is 1. The third-order valence-corrected chi connectivity index (χ3v) is 7.46. The van der Waals surface area contributed by atoms with Gasteiger partial charge in [0.1, 0.15) is 5.75 Å². The number of methoxy groups -OCH3 is 1. The number of fused-ring (bicyclic) bond motifs is 2. The average molecular weight is 483 g/mol. The smallest absolute Gasteiger partial charge is 0.259 e. The van der Waals surface area contributed by atoms with E-state index >= 15 is 0 Å². The predicted octanol–water partition coefficient (Wildman–Crippen LogP) is 4.57. The van der Waals surface area contributed by atoms with E-state index in [1.54, 1.807) is 7.11 Å². The van der Waals surface area contributed by atoms with E-state index in [2.05, 4.69) is 19.8 Å². The lowest BCUT2D eigenvalue weighted by atomic mass is 9.95. The second kappa shape index (κ2) is 9.32. The molecule has 2 N–H and O–H groups in total. The topological polar surface area (TPSA) is 79.4 Å². The fourth-order valence-electron chi connectivity index (χ4n) is 5.76. The number of hydrogen-bond acceptors (Lipinski definition) is 4. The van der Waals surface area contributed by atoms with Gasteiger partial charge in [0.25, 0.3) is 11.8 Å². The number of aryl methyl sites for hydroxylation is 1. The Morgan fingerprint density at radius 3 is 2.42 bits per heavy atom. The van der Waals surface area contributed by atoms with E-state index < -0.39 is 0 Å². The number of nitrogens with one attached hydrogen (secondary N) is 2. The summed E-state index contributed by atoms with van der Waals surface area (Å²) in [7, 11) is 1.67. The molecule has 2 aliphatic heterocycles.